The number of hydrogen-bond donors (Lipinski definition) is 2. The molecule has 7 atom stereocenters. The standard InChI is InChI=1S/C21H32N2O3/c1-12(24)22-23-18-11-14(25)10-13-4-5-15-16-6-7-19(26)20(16,2)9-8-17(15)21(13,18)3/h13,15-18,23H,4-11H2,1-3H3,(H,22,24)/t13?,15-,16-,17-,18?,20-,21-/m0/s1. The van der Waals surface area contributed by atoms with Crippen LogP contribution >= 0.6 is 0 Å². The molecule has 0 aromatic carbocycles. The van der Waals surface area contributed by atoms with Crippen LogP contribution in [0.15, 0.2) is 0 Å². The van der Waals surface area contributed by atoms with Gasteiger partial charge in [0.1, 0.15) is 11.6 Å². The number of nitrogens with one attached hydrogen (secondary N) is 2. The summed E-state index contributed by atoms with van der Waals surface area (Å²) in [7, 11) is 0. The molecule has 5 nitrogen and oxygen atoms in total. The van der Waals surface area contributed by atoms with Crippen LogP contribution in [0.25, 0.3) is 0 Å². The Morgan fingerprint density at radius 2 is 1.81 bits per heavy atom. The number of hydrazine groups is 1. The first-order valence-electron chi connectivity index (χ1n) is 10.3. The Morgan fingerprint density at radius 3 is 2.54 bits per heavy atom. The van der Waals surface area contributed by atoms with Gasteiger partial charge in [-0.1, -0.05) is 13.8 Å². The maximum atomic E-state index is 12.5. The highest BCUT2D eigenvalue weighted by Gasteiger charge is 2.62. The molecule has 0 radical (unpaired) electrons. The quantitative estimate of drug-likeness (QED) is 0.743. The molecule has 4 fully saturated rings. The Balaban J connectivity index is 1.65. The number of fused-ring (bicyclic) bond motifs is 5. The van der Waals surface area contributed by atoms with E-state index in [0.717, 1.165) is 38.5 Å². The number of amides is 1. The van der Waals surface area contributed by atoms with Crippen molar-refractivity contribution < 1.29 is 14.4 Å². The van der Waals surface area contributed by atoms with Crippen molar-refractivity contribution in [3.63, 3.8) is 0 Å². The van der Waals surface area contributed by atoms with Gasteiger partial charge in [-0.15, -0.1) is 0 Å². The molecule has 0 bridgehead atoms. The van der Waals surface area contributed by atoms with Crippen molar-refractivity contribution in [2.24, 2.45) is 34.5 Å². The van der Waals surface area contributed by atoms with E-state index in [-0.39, 0.29) is 22.8 Å². The minimum Gasteiger partial charge on any atom is -0.300 e. The van der Waals surface area contributed by atoms with E-state index in [4.69, 9.17) is 0 Å². The van der Waals surface area contributed by atoms with Crippen LogP contribution in [0.1, 0.15) is 72.1 Å². The fourth-order valence-corrected chi connectivity index (χ4v) is 7.31. The zero-order chi connectivity index (χ0) is 18.7. The van der Waals surface area contributed by atoms with Crippen LogP contribution < -0.4 is 10.9 Å². The van der Waals surface area contributed by atoms with Gasteiger partial charge in [0.2, 0.25) is 5.91 Å². The highest BCUT2D eigenvalue weighted by molar-refractivity contribution is 5.87. The zero-order valence-corrected chi connectivity index (χ0v) is 16.3. The summed E-state index contributed by atoms with van der Waals surface area (Å²) in [5.74, 6) is 2.67. The van der Waals surface area contributed by atoms with Gasteiger partial charge in [-0.05, 0) is 61.2 Å². The number of carbonyl (C=O) groups is 3. The summed E-state index contributed by atoms with van der Waals surface area (Å²) in [5.41, 5.74) is 5.86. The Hall–Kier alpha value is -1.23. The SMILES string of the molecule is CC(=O)NNC1CC(=O)CC2CC[C@@H]3[C@H](CC[C@]4(C)C(=O)CC[C@@H]34)[C@]21C. The second kappa shape index (κ2) is 6.15. The van der Waals surface area contributed by atoms with Crippen LogP contribution in [0.4, 0.5) is 0 Å². The molecule has 0 aromatic rings. The predicted molar refractivity (Wildman–Crippen MR) is 97.9 cm³/mol. The Bertz CT molecular complexity index is 647. The van der Waals surface area contributed by atoms with E-state index in [2.05, 4.69) is 24.7 Å². The molecule has 2 unspecified atom stereocenters. The molecule has 0 aromatic heterocycles. The summed E-state index contributed by atoms with van der Waals surface area (Å²) in [6.45, 7) is 6.05. The molecule has 144 valence electrons. The fraction of sp³-hybridized carbons (Fsp3) is 0.857. The van der Waals surface area contributed by atoms with Crippen molar-refractivity contribution in [2.45, 2.75) is 78.2 Å². The lowest BCUT2D eigenvalue weighted by Gasteiger charge is -2.61. The highest BCUT2D eigenvalue weighted by atomic mass is 16.2. The molecular formula is C21H32N2O3. The van der Waals surface area contributed by atoms with E-state index in [9.17, 15) is 14.4 Å². The number of rotatable bonds is 2. The molecule has 26 heavy (non-hydrogen) atoms. The average molecular weight is 360 g/mol. The fourth-order valence-electron chi connectivity index (χ4n) is 7.31. The zero-order valence-electron chi connectivity index (χ0n) is 16.3. The predicted octanol–water partition coefficient (Wildman–Crippen LogP) is 2.79. The molecule has 4 aliphatic rings. The van der Waals surface area contributed by atoms with Crippen molar-refractivity contribution >= 4 is 17.5 Å². The van der Waals surface area contributed by atoms with Crippen LogP contribution in [0.3, 0.4) is 0 Å². The molecule has 4 saturated carbocycles. The van der Waals surface area contributed by atoms with Gasteiger partial charge in [-0.3, -0.25) is 19.8 Å². The molecule has 2 N–H and O–H groups in total. The van der Waals surface area contributed by atoms with Crippen LogP contribution in [0.5, 0.6) is 0 Å². The van der Waals surface area contributed by atoms with Crippen molar-refractivity contribution in [2.75, 3.05) is 0 Å². The number of hydrogen-bond acceptors (Lipinski definition) is 4. The van der Waals surface area contributed by atoms with E-state index in [1.165, 1.54) is 6.92 Å². The van der Waals surface area contributed by atoms with Crippen LogP contribution in [0, 0.1) is 34.5 Å². The van der Waals surface area contributed by atoms with Crippen LogP contribution in [0.2, 0.25) is 0 Å². The monoisotopic (exact) mass is 360 g/mol. The first kappa shape index (κ1) is 18.1. The van der Waals surface area contributed by atoms with Gasteiger partial charge in [0.05, 0.1) is 0 Å². The summed E-state index contributed by atoms with van der Waals surface area (Å²) in [4.78, 5) is 36.3. The molecule has 0 aliphatic heterocycles. The minimum atomic E-state index is -0.117. The first-order valence-corrected chi connectivity index (χ1v) is 10.3. The van der Waals surface area contributed by atoms with E-state index in [1.807, 2.05) is 0 Å². The van der Waals surface area contributed by atoms with Gasteiger partial charge >= 0.3 is 0 Å². The maximum Gasteiger partial charge on any atom is 0.230 e. The number of Topliss-reactive ketones (excluding diaryl/α,β-unsaturated/α-hetero) is 2. The highest BCUT2D eigenvalue weighted by Crippen LogP contribution is 2.65. The Kier molecular flexibility index (Phi) is 4.29. The first-order chi connectivity index (χ1) is 12.3. The van der Waals surface area contributed by atoms with Crippen molar-refractivity contribution in [3.05, 3.63) is 0 Å². The minimum absolute atomic E-state index is 0.00619. The third-order valence-corrected chi connectivity index (χ3v) is 8.75. The molecule has 4 aliphatic carbocycles. The molecule has 0 spiro atoms. The van der Waals surface area contributed by atoms with Crippen LogP contribution in [-0.4, -0.2) is 23.5 Å². The van der Waals surface area contributed by atoms with Crippen molar-refractivity contribution in [3.8, 4) is 0 Å². The summed E-state index contributed by atoms with van der Waals surface area (Å²) >= 11 is 0. The van der Waals surface area contributed by atoms with Crippen molar-refractivity contribution in [1.29, 1.82) is 0 Å². The summed E-state index contributed by atoms with van der Waals surface area (Å²) < 4.78 is 0. The van der Waals surface area contributed by atoms with Gasteiger partial charge in [0.15, 0.2) is 0 Å². The Morgan fingerprint density at radius 1 is 1.04 bits per heavy atom. The second-order valence-electron chi connectivity index (χ2n) is 9.76. The lowest BCUT2D eigenvalue weighted by atomic mass is 9.44. The largest absolute Gasteiger partial charge is 0.300 e. The van der Waals surface area contributed by atoms with Gasteiger partial charge in [0, 0.05) is 37.6 Å². The van der Waals surface area contributed by atoms with Gasteiger partial charge in [-0.2, -0.15) is 0 Å². The maximum absolute atomic E-state index is 12.5. The lowest BCUT2D eigenvalue weighted by molar-refractivity contribution is -0.151. The number of carbonyl (C=O) groups excluding carboxylic acids is 3. The van der Waals surface area contributed by atoms with E-state index >= 15 is 0 Å². The number of ketones is 2. The molecule has 5 heteroatoms. The second-order valence-corrected chi connectivity index (χ2v) is 9.76. The third kappa shape index (κ3) is 2.49. The molecule has 0 heterocycles. The van der Waals surface area contributed by atoms with Gasteiger partial charge in [-0.25, -0.2) is 5.43 Å². The molecule has 1 amide bonds. The smallest absolute Gasteiger partial charge is 0.230 e. The molecule has 4 rings (SSSR count). The summed E-state index contributed by atoms with van der Waals surface area (Å²) in [6.07, 6.45) is 7.25. The average Bonchev–Trinajstić information content (AvgIpc) is 2.89. The van der Waals surface area contributed by atoms with E-state index in [0.29, 0.717) is 48.1 Å². The van der Waals surface area contributed by atoms with Gasteiger partial charge in [0.25, 0.3) is 0 Å². The van der Waals surface area contributed by atoms with Gasteiger partial charge < -0.3 is 0 Å². The summed E-state index contributed by atoms with van der Waals surface area (Å²) in [6, 6.07) is -0.00749. The normalized spacial score (nSPS) is 47.7. The Labute approximate surface area is 156 Å². The van der Waals surface area contributed by atoms with Crippen molar-refractivity contribution in [1.82, 2.24) is 10.9 Å². The van der Waals surface area contributed by atoms with E-state index in [1.54, 1.807) is 0 Å². The molecular weight excluding hydrogens is 328 g/mol. The third-order valence-electron chi connectivity index (χ3n) is 8.75. The molecule has 0 saturated heterocycles. The lowest BCUT2D eigenvalue weighted by Crippen LogP contribution is -2.64. The van der Waals surface area contributed by atoms with Crippen LogP contribution in [-0.2, 0) is 14.4 Å². The topological polar surface area (TPSA) is 75.3 Å². The van der Waals surface area contributed by atoms with E-state index < -0.39 is 0 Å². The summed E-state index contributed by atoms with van der Waals surface area (Å²) in [5, 5.41) is 0.